The van der Waals surface area contributed by atoms with Crippen LogP contribution in [0.2, 0.25) is 0 Å². The predicted molar refractivity (Wildman–Crippen MR) is 75.4 cm³/mol. The van der Waals surface area contributed by atoms with Crippen LogP contribution >= 0.6 is 0 Å². The summed E-state index contributed by atoms with van der Waals surface area (Å²) >= 11 is 0. The monoisotopic (exact) mass is 259 g/mol. The molecule has 0 aliphatic carbocycles. The van der Waals surface area contributed by atoms with Crippen LogP contribution in [0.1, 0.15) is 19.4 Å². The van der Waals surface area contributed by atoms with Crippen LogP contribution in [-0.4, -0.2) is 24.1 Å². The summed E-state index contributed by atoms with van der Waals surface area (Å²) in [4.78, 5) is 22.5. The van der Waals surface area contributed by atoms with Gasteiger partial charge in [0.15, 0.2) is 0 Å². The average Bonchev–Trinajstić information content (AvgIpc) is 2.38. The highest BCUT2D eigenvalue weighted by Crippen LogP contribution is 1.99. The van der Waals surface area contributed by atoms with E-state index in [1.54, 1.807) is 19.9 Å². The van der Waals surface area contributed by atoms with Crippen molar-refractivity contribution >= 4 is 24.1 Å². The zero-order valence-electron chi connectivity index (χ0n) is 11.0. The first-order valence-corrected chi connectivity index (χ1v) is 5.95. The van der Waals surface area contributed by atoms with E-state index in [2.05, 4.69) is 15.8 Å². The Morgan fingerprint density at radius 3 is 2.47 bits per heavy atom. The van der Waals surface area contributed by atoms with E-state index in [4.69, 9.17) is 0 Å². The molecule has 0 aliphatic heterocycles. The highest BCUT2D eigenvalue weighted by molar-refractivity contribution is 6.35. The fourth-order valence-electron chi connectivity index (χ4n) is 1.24. The van der Waals surface area contributed by atoms with Crippen LogP contribution in [0.5, 0.6) is 0 Å². The van der Waals surface area contributed by atoms with Crippen molar-refractivity contribution in [3.05, 3.63) is 42.0 Å². The normalized spacial score (nSPS) is 11.1. The summed E-state index contributed by atoms with van der Waals surface area (Å²) in [5, 5.41) is 6.11. The molecule has 2 amide bonds. The minimum absolute atomic E-state index is 0.0831. The third kappa shape index (κ3) is 6.16. The quantitative estimate of drug-likeness (QED) is 0.486. The smallest absolute Gasteiger partial charge is 0.329 e. The number of carbonyl (C=O) groups is 2. The summed E-state index contributed by atoms with van der Waals surface area (Å²) in [6.07, 6.45) is 4.92. The first-order chi connectivity index (χ1) is 9.09. The summed E-state index contributed by atoms with van der Waals surface area (Å²) in [5.74, 6) is -1.47. The number of nitrogens with one attached hydrogen (secondary N) is 2. The first-order valence-electron chi connectivity index (χ1n) is 5.95. The van der Waals surface area contributed by atoms with Crippen molar-refractivity contribution in [2.24, 2.45) is 5.10 Å². The van der Waals surface area contributed by atoms with Gasteiger partial charge in [-0.3, -0.25) is 9.59 Å². The minimum Gasteiger partial charge on any atom is -0.346 e. The van der Waals surface area contributed by atoms with E-state index in [1.165, 1.54) is 6.21 Å². The second kappa shape index (κ2) is 7.81. The number of benzene rings is 1. The lowest BCUT2D eigenvalue weighted by molar-refractivity contribution is -0.139. The van der Waals surface area contributed by atoms with Crippen LogP contribution < -0.4 is 10.7 Å². The third-order valence-electron chi connectivity index (χ3n) is 2.04. The molecule has 0 unspecified atom stereocenters. The van der Waals surface area contributed by atoms with Crippen LogP contribution in [0.4, 0.5) is 0 Å². The van der Waals surface area contributed by atoms with Gasteiger partial charge in [-0.05, 0) is 25.5 Å². The Hall–Kier alpha value is -2.43. The highest BCUT2D eigenvalue weighted by Gasteiger charge is 2.12. The van der Waals surface area contributed by atoms with Gasteiger partial charge in [-0.2, -0.15) is 5.10 Å². The topological polar surface area (TPSA) is 70.6 Å². The summed E-state index contributed by atoms with van der Waals surface area (Å²) in [6.45, 7) is 3.55. The molecule has 0 atom stereocenters. The molecule has 19 heavy (non-hydrogen) atoms. The number of hydrogen-bond acceptors (Lipinski definition) is 3. The Morgan fingerprint density at radius 2 is 1.84 bits per heavy atom. The zero-order valence-corrected chi connectivity index (χ0v) is 11.0. The Labute approximate surface area is 112 Å². The van der Waals surface area contributed by atoms with Gasteiger partial charge in [-0.1, -0.05) is 36.4 Å². The Balaban J connectivity index is 2.36. The summed E-state index contributed by atoms with van der Waals surface area (Å²) in [5.41, 5.74) is 3.17. The van der Waals surface area contributed by atoms with Crippen LogP contribution in [0.15, 0.2) is 41.5 Å². The highest BCUT2D eigenvalue weighted by atomic mass is 16.2. The van der Waals surface area contributed by atoms with E-state index in [0.717, 1.165) is 5.56 Å². The molecule has 0 fully saturated rings. The molecule has 100 valence electrons. The van der Waals surface area contributed by atoms with E-state index in [0.29, 0.717) is 0 Å². The van der Waals surface area contributed by atoms with Gasteiger partial charge in [0.1, 0.15) is 0 Å². The van der Waals surface area contributed by atoms with Gasteiger partial charge in [0.2, 0.25) is 0 Å². The van der Waals surface area contributed by atoms with Crippen LogP contribution in [0.3, 0.4) is 0 Å². The molecule has 5 nitrogen and oxygen atoms in total. The number of amides is 2. The van der Waals surface area contributed by atoms with E-state index in [1.807, 2.05) is 36.4 Å². The molecule has 0 spiro atoms. The predicted octanol–water partition coefficient (Wildman–Crippen LogP) is 1.33. The molecule has 0 saturated heterocycles. The molecule has 1 aromatic rings. The van der Waals surface area contributed by atoms with E-state index in [9.17, 15) is 9.59 Å². The number of rotatable bonds is 4. The number of hydrogen-bond donors (Lipinski definition) is 2. The van der Waals surface area contributed by atoms with E-state index >= 15 is 0 Å². The first kappa shape index (κ1) is 14.6. The summed E-state index contributed by atoms with van der Waals surface area (Å²) in [7, 11) is 0. The number of carbonyl (C=O) groups excluding carboxylic acids is 2. The SMILES string of the molecule is CC(C)NC(=O)C(=O)N/N=C\C=C\c1ccccc1. The molecule has 5 heteroatoms. The van der Waals surface area contributed by atoms with Crippen molar-refractivity contribution in [2.45, 2.75) is 19.9 Å². The van der Waals surface area contributed by atoms with Crippen LogP contribution in [-0.2, 0) is 9.59 Å². The Bertz CT molecular complexity index is 479. The van der Waals surface area contributed by atoms with Crippen molar-refractivity contribution in [1.29, 1.82) is 0 Å². The van der Waals surface area contributed by atoms with Gasteiger partial charge in [0, 0.05) is 12.3 Å². The zero-order chi connectivity index (χ0) is 14.1. The van der Waals surface area contributed by atoms with Crippen molar-refractivity contribution < 1.29 is 9.59 Å². The second-order valence-corrected chi connectivity index (χ2v) is 4.12. The van der Waals surface area contributed by atoms with Gasteiger partial charge in [0.05, 0.1) is 0 Å². The van der Waals surface area contributed by atoms with Crippen molar-refractivity contribution in [1.82, 2.24) is 10.7 Å². The van der Waals surface area contributed by atoms with E-state index in [-0.39, 0.29) is 6.04 Å². The van der Waals surface area contributed by atoms with Crippen molar-refractivity contribution in [3.63, 3.8) is 0 Å². The molecule has 1 rings (SSSR count). The minimum atomic E-state index is -0.780. The largest absolute Gasteiger partial charge is 0.346 e. The second-order valence-electron chi connectivity index (χ2n) is 4.12. The standard InChI is InChI=1S/C14H17N3O2/c1-11(2)16-13(18)14(19)17-15-10-6-9-12-7-4-3-5-8-12/h3-11H,1-2H3,(H,16,18)(H,17,19)/b9-6+,15-10-. The van der Waals surface area contributed by atoms with Gasteiger partial charge in [0.25, 0.3) is 0 Å². The van der Waals surface area contributed by atoms with Crippen LogP contribution in [0, 0.1) is 0 Å². The van der Waals surface area contributed by atoms with Gasteiger partial charge in [-0.25, -0.2) is 5.43 Å². The lowest BCUT2D eigenvalue weighted by Crippen LogP contribution is -2.41. The maximum absolute atomic E-state index is 11.3. The third-order valence-corrected chi connectivity index (χ3v) is 2.04. The number of allylic oxidation sites excluding steroid dienone is 1. The molecular weight excluding hydrogens is 242 g/mol. The summed E-state index contributed by atoms with van der Waals surface area (Å²) < 4.78 is 0. The molecule has 0 saturated carbocycles. The molecular formula is C14H17N3O2. The number of nitrogens with zero attached hydrogens (tertiary/aromatic N) is 1. The molecule has 1 aromatic carbocycles. The summed E-state index contributed by atoms with van der Waals surface area (Å²) in [6, 6.07) is 9.58. The lowest BCUT2D eigenvalue weighted by atomic mass is 10.2. The fraction of sp³-hybridized carbons (Fsp3) is 0.214. The molecule has 2 N–H and O–H groups in total. The maximum atomic E-state index is 11.3. The molecule has 0 heterocycles. The van der Waals surface area contributed by atoms with Crippen LogP contribution in [0.25, 0.3) is 6.08 Å². The lowest BCUT2D eigenvalue weighted by Gasteiger charge is -2.05. The number of hydrazone groups is 1. The van der Waals surface area contributed by atoms with Gasteiger partial charge in [-0.15, -0.1) is 0 Å². The molecule has 0 aliphatic rings. The molecule has 0 aromatic heterocycles. The van der Waals surface area contributed by atoms with E-state index < -0.39 is 11.8 Å². The molecule has 0 radical (unpaired) electrons. The Kier molecular flexibility index (Phi) is 6.02. The fourth-order valence-corrected chi connectivity index (χ4v) is 1.24. The maximum Gasteiger partial charge on any atom is 0.329 e. The van der Waals surface area contributed by atoms with Crippen molar-refractivity contribution in [3.8, 4) is 0 Å². The molecule has 0 bridgehead atoms. The van der Waals surface area contributed by atoms with Gasteiger partial charge >= 0.3 is 11.8 Å². The van der Waals surface area contributed by atoms with Gasteiger partial charge < -0.3 is 5.32 Å². The Morgan fingerprint density at radius 1 is 1.16 bits per heavy atom. The van der Waals surface area contributed by atoms with Crippen molar-refractivity contribution in [2.75, 3.05) is 0 Å². The average molecular weight is 259 g/mol.